The molecule has 0 N–H and O–H groups in total. The molecule has 0 atom stereocenters. The van der Waals surface area contributed by atoms with Crippen molar-refractivity contribution in [2.45, 2.75) is 52.4 Å². The van der Waals surface area contributed by atoms with E-state index in [0.29, 0.717) is 6.67 Å². The zero-order chi connectivity index (χ0) is 42.8. The van der Waals surface area contributed by atoms with Crippen molar-refractivity contribution >= 4 is 44.6 Å². The molecule has 6 heteroatoms. The SMILES string of the molecule is CC(C)(C)c1ccc(-c2cc(Oc3ccc4c5ccccc5n(-c5cc(C(C)(C)C)ccn5)c4c3)cc(N3CN(c4ccccc4-c4ccc(F)cc4)c4ccccc43)c2)cc1. The van der Waals surface area contributed by atoms with Crippen LogP contribution in [0.2, 0.25) is 0 Å². The monoisotopic (exact) mass is 812 g/mol. The van der Waals surface area contributed by atoms with Crippen molar-refractivity contribution in [3.05, 3.63) is 193 Å². The quantitative estimate of drug-likeness (QED) is 0.161. The second kappa shape index (κ2) is 15.1. The van der Waals surface area contributed by atoms with E-state index in [-0.39, 0.29) is 16.6 Å². The number of ether oxygens (including phenoxy) is 1. The Morgan fingerprint density at radius 1 is 0.500 bits per heavy atom. The van der Waals surface area contributed by atoms with E-state index in [0.717, 1.165) is 78.7 Å². The predicted octanol–water partition coefficient (Wildman–Crippen LogP) is 15.3. The van der Waals surface area contributed by atoms with Gasteiger partial charge in [-0.2, -0.15) is 0 Å². The minimum Gasteiger partial charge on any atom is -0.457 e. The molecule has 0 amide bonds. The number of rotatable bonds is 7. The predicted molar refractivity (Wildman–Crippen MR) is 255 cm³/mol. The number of fused-ring (bicyclic) bond motifs is 4. The van der Waals surface area contributed by atoms with Gasteiger partial charge in [0.1, 0.15) is 29.8 Å². The molecule has 9 aromatic rings. The highest BCUT2D eigenvalue weighted by atomic mass is 19.1. The van der Waals surface area contributed by atoms with E-state index in [1.54, 1.807) is 0 Å². The molecule has 7 aromatic carbocycles. The highest BCUT2D eigenvalue weighted by Gasteiger charge is 2.30. The summed E-state index contributed by atoms with van der Waals surface area (Å²) in [5, 5.41) is 2.30. The summed E-state index contributed by atoms with van der Waals surface area (Å²) in [7, 11) is 0. The van der Waals surface area contributed by atoms with Gasteiger partial charge in [0.05, 0.1) is 28.1 Å². The summed E-state index contributed by atoms with van der Waals surface area (Å²) < 4.78 is 23.3. The first-order chi connectivity index (χ1) is 29.9. The molecule has 3 heterocycles. The number of nitrogens with zero attached hydrogens (tertiary/aromatic N) is 4. The van der Waals surface area contributed by atoms with Gasteiger partial charge in [0.25, 0.3) is 0 Å². The second-order valence-corrected chi connectivity index (χ2v) is 18.3. The van der Waals surface area contributed by atoms with Crippen molar-refractivity contribution < 1.29 is 9.13 Å². The van der Waals surface area contributed by atoms with Gasteiger partial charge in [-0.25, -0.2) is 9.37 Å². The molecule has 5 nitrogen and oxygen atoms in total. The van der Waals surface area contributed by atoms with Crippen LogP contribution >= 0.6 is 0 Å². The first-order valence-electron chi connectivity index (χ1n) is 21.3. The lowest BCUT2D eigenvalue weighted by atomic mass is 9.86. The van der Waals surface area contributed by atoms with E-state index in [1.165, 1.54) is 28.6 Å². The summed E-state index contributed by atoms with van der Waals surface area (Å²) in [6.07, 6.45) is 1.91. The maximum Gasteiger partial charge on any atom is 0.137 e. The average Bonchev–Trinajstić information content (AvgIpc) is 3.82. The smallest absolute Gasteiger partial charge is 0.137 e. The number of halogens is 1. The largest absolute Gasteiger partial charge is 0.457 e. The Morgan fingerprint density at radius 2 is 1.15 bits per heavy atom. The highest BCUT2D eigenvalue weighted by molar-refractivity contribution is 6.09. The molecule has 0 saturated heterocycles. The van der Waals surface area contributed by atoms with E-state index in [1.807, 2.05) is 24.4 Å². The van der Waals surface area contributed by atoms with Crippen molar-refractivity contribution in [1.82, 2.24) is 9.55 Å². The summed E-state index contributed by atoms with van der Waals surface area (Å²) >= 11 is 0. The van der Waals surface area contributed by atoms with Crippen molar-refractivity contribution in [2.75, 3.05) is 16.5 Å². The highest BCUT2D eigenvalue weighted by Crippen LogP contribution is 2.48. The molecule has 0 saturated carbocycles. The number of hydrogen-bond acceptors (Lipinski definition) is 4. The van der Waals surface area contributed by atoms with Crippen molar-refractivity contribution in [1.29, 1.82) is 0 Å². The summed E-state index contributed by atoms with van der Waals surface area (Å²) in [5.41, 5.74) is 13.0. The normalized spacial score (nSPS) is 13.0. The van der Waals surface area contributed by atoms with Crippen molar-refractivity contribution in [3.63, 3.8) is 0 Å². The number of benzene rings is 7. The van der Waals surface area contributed by atoms with E-state index in [2.05, 4.69) is 195 Å². The number of para-hydroxylation sites is 4. The first-order valence-corrected chi connectivity index (χ1v) is 21.3. The molecule has 1 aliphatic heterocycles. The van der Waals surface area contributed by atoms with E-state index in [4.69, 9.17) is 9.72 Å². The van der Waals surface area contributed by atoms with Crippen LogP contribution in [0.4, 0.5) is 27.1 Å². The number of aromatic nitrogens is 2. The lowest BCUT2D eigenvalue weighted by Crippen LogP contribution is -2.24. The molecule has 62 heavy (non-hydrogen) atoms. The van der Waals surface area contributed by atoms with Gasteiger partial charge in [-0.3, -0.25) is 4.57 Å². The Bertz CT molecular complexity index is 3120. The fraction of sp³-hybridized carbons (Fsp3) is 0.161. The van der Waals surface area contributed by atoms with Crippen molar-refractivity contribution in [2.24, 2.45) is 0 Å². The molecular weight excluding hydrogens is 764 g/mol. The second-order valence-electron chi connectivity index (χ2n) is 18.3. The zero-order valence-electron chi connectivity index (χ0n) is 36.0. The van der Waals surface area contributed by atoms with Crippen molar-refractivity contribution in [3.8, 4) is 39.6 Å². The van der Waals surface area contributed by atoms with Crippen LogP contribution in [0.3, 0.4) is 0 Å². The topological polar surface area (TPSA) is 33.5 Å². The van der Waals surface area contributed by atoms with Gasteiger partial charge in [-0.15, -0.1) is 0 Å². The third-order valence-corrected chi connectivity index (χ3v) is 12.1. The first kappa shape index (κ1) is 39.0. The van der Waals surface area contributed by atoms with Crippen LogP contribution in [0.1, 0.15) is 52.7 Å². The van der Waals surface area contributed by atoms with E-state index < -0.39 is 0 Å². The van der Waals surface area contributed by atoms with Crippen LogP contribution in [-0.4, -0.2) is 16.2 Å². The zero-order valence-corrected chi connectivity index (χ0v) is 36.0. The van der Waals surface area contributed by atoms with Gasteiger partial charge < -0.3 is 14.5 Å². The third kappa shape index (κ3) is 7.15. The molecule has 1 aliphatic rings. The number of hydrogen-bond donors (Lipinski definition) is 0. The molecule has 306 valence electrons. The summed E-state index contributed by atoms with van der Waals surface area (Å²) in [4.78, 5) is 9.60. The van der Waals surface area contributed by atoms with Gasteiger partial charge in [0, 0.05) is 40.4 Å². The molecule has 0 fully saturated rings. The standard InChI is InChI=1S/C56H49FN4O/c1-55(2,3)40-23-19-37(20-24-40)39-31-43(59-36-60(52-18-12-11-17-51(52)59)49-15-9-7-13-46(49)38-21-25-42(57)26-22-38)34-45(32-39)62-44-27-28-48-47-14-8-10-16-50(47)61(53(48)35-44)54-33-41(29-30-58-54)56(4,5)6/h7-35H,36H2,1-6H3. The van der Waals surface area contributed by atoms with E-state index in [9.17, 15) is 4.39 Å². The molecule has 0 radical (unpaired) electrons. The Hall–Kier alpha value is -7.18. The molecule has 10 rings (SSSR count). The minimum atomic E-state index is -0.250. The average molecular weight is 813 g/mol. The summed E-state index contributed by atoms with van der Waals surface area (Å²) in [6, 6.07) is 58.3. The van der Waals surface area contributed by atoms with Gasteiger partial charge in [-0.1, -0.05) is 126 Å². The third-order valence-electron chi connectivity index (χ3n) is 12.1. The summed E-state index contributed by atoms with van der Waals surface area (Å²) in [6.45, 7) is 14.0. The van der Waals surface area contributed by atoms with Crippen LogP contribution < -0.4 is 14.5 Å². The fourth-order valence-corrected chi connectivity index (χ4v) is 8.76. The molecule has 2 aromatic heterocycles. The Labute approximate surface area is 363 Å². The Kier molecular flexibility index (Phi) is 9.48. The Morgan fingerprint density at radius 3 is 1.89 bits per heavy atom. The fourth-order valence-electron chi connectivity index (χ4n) is 8.76. The van der Waals surface area contributed by atoms with Gasteiger partial charge >= 0.3 is 0 Å². The van der Waals surface area contributed by atoms with Gasteiger partial charge in [0.2, 0.25) is 0 Å². The molecule has 0 spiro atoms. The molecule has 0 unspecified atom stereocenters. The molecular formula is C56H49FN4O. The minimum absolute atomic E-state index is 0.0284. The maximum absolute atomic E-state index is 14.1. The van der Waals surface area contributed by atoms with Crippen LogP contribution in [0.15, 0.2) is 176 Å². The van der Waals surface area contributed by atoms with E-state index >= 15 is 0 Å². The van der Waals surface area contributed by atoms with Crippen LogP contribution in [0.5, 0.6) is 11.5 Å². The lowest BCUT2D eigenvalue weighted by molar-refractivity contribution is 0.483. The van der Waals surface area contributed by atoms with Gasteiger partial charge in [0.15, 0.2) is 0 Å². The molecule has 0 bridgehead atoms. The summed E-state index contributed by atoms with van der Waals surface area (Å²) in [5.74, 6) is 2.09. The number of pyridine rings is 1. The number of anilines is 4. The van der Waals surface area contributed by atoms with Crippen LogP contribution in [0.25, 0.3) is 49.9 Å². The van der Waals surface area contributed by atoms with Crippen LogP contribution in [-0.2, 0) is 10.8 Å². The van der Waals surface area contributed by atoms with Gasteiger partial charge in [-0.05, 0) is 111 Å². The molecule has 0 aliphatic carbocycles. The maximum atomic E-state index is 14.1. The Balaban J connectivity index is 1.09. The lowest BCUT2D eigenvalue weighted by Gasteiger charge is -2.25. The van der Waals surface area contributed by atoms with Crippen LogP contribution in [0, 0.1) is 5.82 Å².